The summed E-state index contributed by atoms with van der Waals surface area (Å²) in [4.78, 5) is 11.9. The van der Waals surface area contributed by atoms with Gasteiger partial charge in [-0.2, -0.15) is 16.9 Å². The minimum Gasteiger partial charge on any atom is -0.387 e. The van der Waals surface area contributed by atoms with Gasteiger partial charge in [-0.3, -0.25) is 9.89 Å². The third-order valence-corrected chi connectivity index (χ3v) is 3.49. The van der Waals surface area contributed by atoms with Gasteiger partial charge in [0.15, 0.2) is 0 Å². The molecule has 5 nitrogen and oxygen atoms in total. The number of carbonyl (C=O) groups is 1. The molecule has 0 aromatic carbocycles. The lowest BCUT2D eigenvalue weighted by atomic mass is 10.1. The normalized spacial score (nSPS) is 14.4. The van der Waals surface area contributed by atoms with E-state index in [-0.39, 0.29) is 12.5 Å². The number of nitrogens with one attached hydrogen (secondary N) is 2. The Morgan fingerprint density at radius 3 is 2.89 bits per heavy atom. The average molecular weight is 285 g/mol. The van der Waals surface area contributed by atoms with E-state index in [0.717, 1.165) is 12.1 Å². The summed E-state index contributed by atoms with van der Waals surface area (Å²) in [6, 6.07) is 1.76. The molecule has 0 saturated carbocycles. The van der Waals surface area contributed by atoms with Gasteiger partial charge in [0.1, 0.15) is 5.69 Å². The van der Waals surface area contributed by atoms with Crippen LogP contribution in [-0.4, -0.2) is 45.4 Å². The van der Waals surface area contributed by atoms with Gasteiger partial charge in [0.25, 0.3) is 5.91 Å². The molecule has 1 aromatic rings. The maximum Gasteiger partial charge on any atom is 0.271 e. The van der Waals surface area contributed by atoms with E-state index in [0.29, 0.717) is 17.4 Å². The van der Waals surface area contributed by atoms with E-state index < -0.39 is 5.60 Å². The second-order valence-electron chi connectivity index (χ2n) is 5.49. The number of carbonyl (C=O) groups excluding carboxylic acids is 1. The number of aliphatic hydroxyl groups is 1. The molecule has 0 spiro atoms. The molecule has 0 fully saturated rings. The lowest BCUT2D eigenvalue weighted by molar-refractivity contribution is 0.0722. The predicted octanol–water partition coefficient (Wildman–Crippen LogP) is 1.45. The zero-order valence-electron chi connectivity index (χ0n) is 12.0. The van der Waals surface area contributed by atoms with Crippen LogP contribution in [-0.2, 0) is 6.42 Å². The molecule has 3 N–H and O–H groups in total. The highest BCUT2D eigenvalue weighted by Crippen LogP contribution is 2.10. The van der Waals surface area contributed by atoms with Gasteiger partial charge in [-0.1, -0.05) is 13.8 Å². The van der Waals surface area contributed by atoms with Gasteiger partial charge in [-0.05, 0) is 31.6 Å². The predicted molar refractivity (Wildman–Crippen MR) is 78.5 cm³/mol. The molecule has 0 aliphatic heterocycles. The third-order valence-electron chi connectivity index (χ3n) is 2.58. The second-order valence-corrected chi connectivity index (χ2v) is 6.36. The summed E-state index contributed by atoms with van der Waals surface area (Å²) in [7, 11) is 0. The van der Waals surface area contributed by atoms with E-state index in [1.165, 1.54) is 0 Å². The quantitative estimate of drug-likeness (QED) is 0.708. The smallest absolute Gasteiger partial charge is 0.271 e. The molecule has 108 valence electrons. The fourth-order valence-corrected chi connectivity index (χ4v) is 2.47. The first-order valence-electron chi connectivity index (χ1n) is 6.38. The Kier molecular flexibility index (Phi) is 5.87. The molecule has 0 radical (unpaired) electrons. The fraction of sp³-hybridized carbons (Fsp3) is 0.692. The van der Waals surface area contributed by atoms with E-state index in [1.807, 2.05) is 6.26 Å². The van der Waals surface area contributed by atoms with Crippen molar-refractivity contribution >= 4 is 17.7 Å². The van der Waals surface area contributed by atoms with Crippen LogP contribution in [0.5, 0.6) is 0 Å². The standard InChI is InChI=1S/C13H23N3O2S/c1-9(2)5-10-6-11(16-15-10)12(17)14-7-13(3,18)8-19-4/h6,9,18H,5,7-8H2,1-4H3,(H,14,17)(H,15,16)/t13-/m0/s1. The molecule has 0 bridgehead atoms. The zero-order valence-corrected chi connectivity index (χ0v) is 12.8. The SMILES string of the molecule is CSC[C@@](C)(O)CNC(=O)c1cc(CC(C)C)[nH]n1. The zero-order chi connectivity index (χ0) is 14.5. The van der Waals surface area contributed by atoms with Gasteiger partial charge in [0, 0.05) is 18.0 Å². The van der Waals surface area contributed by atoms with Crippen molar-refractivity contribution in [2.45, 2.75) is 32.8 Å². The second kappa shape index (κ2) is 6.96. The Balaban J connectivity index is 2.52. The van der Waals surface area contributed by atoms with Crippen molar-refractivity contribution in [2.24, 2.45) is 5.92 Å². The molecule has 19 heavy (non-hydrogen) atoms. The number of thioether (sulfide) groups is 1. The monoisotopic (exact) mass is 285 g/mol. The molecule has 1 atom stereocenters. The van der Waals surface area contributed by atoms with Crippen molar-refractivity contribution in [1.82, 2.24) is 15.5 Å². The van der Waals surface area contributed by atoms with Crippen molar-refractivity contribution in [3.05, 3.63) is 17.5 Å². The van der Waals surface area contributed by atoms with E-state index >= 15 is 0 Å². The topological polar surface area (TPSA) is 78.0 Å². The molecular formula is C13H23N3O2S. The summed E-state index contributed by atoms with van der Waals surface area (Å²) in [5, 5.41) is 19.5. The lowest BCUT2D eigenvalue weighted by Crippen LogP contribution is -2.42. The number of rotatable bonds is 7. The minimum atomic E-state index is -0.897. The van der Waals surface area contributed by atoms with Crippen LogP contribution in [0.4, 0.5) is 0 Å². The van der Waals surface area contributed by atoms with Crippen LogP contribution in [0.15, 0.2) is 6.07 Å². The summed E-state index contributed by atoms with van der Waals surface area (Å²) in [5.74, 6) is 0.832. The Hall–Kier alpha value is -1.01. The highest BCUT2D eigenvalue weighted by atomic mass is 32.2. The van der Waals surface area contributed by atoms with Crippen LogP contribution in [0.1, 0.15) is 37.0 Å². The van der Waals surface area contributed by atoms with Crippen LogP contribution in [0.25, 0.3) is 0 Å². The van der Waals surface area contributed by atoms with E-state index in [4.69, 9.17) is 0 Å². The summed E-state index contributed by atoms with van der Waals surface area (Å²) in [5.41, 5.74) is 0.429. The molecule has 0 aliphatic rings. The largest absolute Gasteiger partial charge is 0.387 e. The van der Waals surface area contributed by atoms with E-state index in [1.54, 1.807) is 24.8 Å². The highest BCUT2D eigenvalue weighted by molar-refractivity contribution is 7.98. The minimum absolute atomic E-state index is 0.221. The molecule has 6 heteroatoms. The summed E-state index contributed by atoms with van der Waals surface area (Å²) >= 11 is 1.54. The number of hydrogen-bond donors (Lipinski definition) is 3. The first-order chi connectivity index (χ1) is 8.84. The summed E-state index contributed by atoms with van der Waals surface area (Å²) < 4.78 is 0. The van der Waals surface area contributed by atoms with E-state index in [2.05, 4.69) is 29.4 Å². The van der Waals surface area contributed by atoms with Gasteiger partial charge < -0.3 is 10.4 Å². The van der Waals surface area contributed by atoms with Gasteiger partial charge >= 0.3 is 0 Å². The Labute approximate surface area is 118 Å². The number of hydrogen-bond acceptors (Lipinski definition) is 4. The van der Waals surface area contributed by atoms with Crippen LogP contribution in [0, 0.1) is 5.92 Å². The Morgan fingerprint density at radius 1 is 1.63 bits per heavy atom. The molecule has 1 amide bonds. The number of aromatic amines is 1. The van der Waals surface area contributed by atoms with E-state index in [9.17, 15) is 9.90 Å². The summed E-state index contributed by atoms with van der Waals surface area (Å²) in [6.07, 6.45) is 2.78. The first-order valence-corrected chi connectivity index (χ1v) is 7.77. The van der Waals surface area contributed by atoms with Crippen LogP contribution in [0.3, 0.4) is 0 Å². The van der Waals surface area contributed by atoms with Crippen molar-refractivity contribution in [1.29, 1.82) is 0 Å². The third kappa shape index (κ3) is 5.65. The Bertz CT molecular complexity index is 416. The van der Waals surface area contributed by atoms with Crippen molar-refractivity contribution in [3.8, 4) is 0 Å². The molecule has 0 unspecified atom stereocenters. The maximum atomic E-state index is 11.9. The lowest BCUT2D eigenvalue weighted by Gasteiger charge is -2.22. The molecule has 0 saturated heterocycles. The number of H-pyrrole nitrogens is 1. The first kappa shape index (κ1) is 16.0. The van der Waals surface area contributed by atoms with Crippen molar-refractivity contribution in [3.63, 3.8) is 0 Å². The molecular weight excluding hydrogens is 262 g/mol. The molecule has 1 heterocycles. The fourth-order valence-electron chi connectivity index (χ4n) is 1.75. The Morgan fingerprint density at radius 2 is 2.32 bits per heavy atom. The van der Waals surface area contributed by atoms with Crippen LogP contribution >= 0.6 is 11.8 Å². The average Bonchev–Trinajstić information content (AvgIpc) is 2.73. The number of aromatic nitrogens is 2. The summed E-state index contributed by atoms with van der Waals surface area (Å²) in [6.45, 7) is 6.15. The van der Waals surface area contributed by atoms with Gasteiger partial charge in [-0.15, -0.1) is 0 Å². The van der Waals surface area contributed by atoms with Gasteiger partial charge in [0.05, 0.1) is 5.60 Å². The highest BCUT2D eigenvalue weighted by Gasteiger charge is 2.21. The van der Waals surface area contributed by atoms with Gasteiger partial charge in [-0.25, -0.2) is 0 Å². The van der Waals surface area contributed by atoms with Crippen molar-refractivity contribution < 1.29 is 9.90 Å². The van der Waals surface area contributed by atoms with Crippen LogP contribution in [0.2, 0.25) is 0 Å². The number of nitrogens with zero attached hydrogens (tertiary/aromatic N) is 1. The molecule has 1 aromatic heterocycles. The van der Waals surface area contributed by atoms with Gasteiger partial charge in [0.2, 0.25) is 0 Å². The molecule has 0 aliphatic carbocycles. The number of amides is 1. The maximum absolute atomic E-state index is 11.9. The molecule has 1 rings (SSSR count). The van der Waals surface area contributed by atoms with Crippen molar-refractivity contribution in [2.75, 3.05) is 18.6 Å². The van der Waals surface area contributed by atoms with Crippen LogP contribution < -0.4 is 5.32 Å².